The van der Waals surface area contributed by atoms with Gasteiger partial charge < -0.3 is 5.32 Å². The second-order valence-corrected chi connectivity index (χ2v) is 4.25. The first-order chi connectivity index (χ1) is 6.03. The van der Waals surface area contributed by atoms with Gasteiger partial charge in [-0.3, -0.25) is 4.68 Å². The van der Waals surface area contributed by atoms with E-state index in [0.29, 0.717) is 0 Å². The second-order valence-electron chi connectivity index (χ2n) is 4.25. The Hall–Kier alpha value is -0.900. The van der Waals surface area contributed by atoms with Crippen molar-refractivity contribution in [1.29, 1.82) is 0 Å². The molecule has 1 aromatic heterocycles. The van der Waals surface area contributed by atoms with Crippen molar-refractivity contribution in [2.75, 3.05) is 13.6 Å². The Balaban J connectivity index is 2.57. The van der Waals surface area contributed by atoms with Crippen molar-refractivity contribution in [2.45, 2.75) is 20.3 Å². The van der Waals surface area contributed by atoms with Crippen molar-refractivity contribution in [1.82, 2.24) is 20.3 Å². The standard InChI is InChI=1S/C9H18N4/c1-9(2,7-10-3)5-8-6-13(4)12-11-8/h6,10H,5,7H2,1-4H3. The van der Waals surface area contributed by atoms with Crippen LogP contribution >= 0.6 is 0 Å². The number of hydrogen-bond donors (Lipinski definition) is 1. The first-order valence-electron chi connectivity index (χ1n) is 4.53. The highest BCUT2D eigenvalue weighted by Crippen LogP contribution is 2.18. The average molecular weight is 182 g/mol. The van der Waals surface area contributed by atoms with Crippen molar-refractivity contribution in [3.63, 3.8) is 0 Å². The van der Waals surface area contributed by atoms with E-state index in [1.807, 2.05) is 20.3 Å². The molecule has 0 aliphatic carbocycles. The molecule has 0 aliphatic rings. The van der Waals surface area contributed by atoms with Crippen LogP contribution in [0, 0.1) is 5.41 Å². The molecule has 1 N–H and O–H groups in total. The number of rotatable bonds is 4. The maximum atomic E-state index is 4.07. The normalized spacial score (nSPS) is 12.0. The van der Waals surface area contributed by atoms with E-state index in [1.54, 1.807) is 4.68 Å². The van der Waals surface area contributed by atoms with Crippen LogP contribution in [0.5, 0.6) is 0 Å². The lowest BCUT2D eigenvalue weighted by Gasteiger charge is -2.22. The molecule has 0 radical (unpaired) electrons. The Morgan fingerprint density at radius 1 is 1.54 bits per heavy atom. The highest BCUT2D eigenvalue weighted by Gasteiger charge is 2.18. The minimum atomic E-state index is 0.241. The summed E-state index contributed by atoms with van der Waals surface area (Å²) in [6, 6.07) is 0. The van der Waals surface area contributed by atoms with E-state index >= 15 is 0 Å². The van der Waals surface area contributed by atoms with E-state index in [0.717, 1.165) is 18.7 Å². The van der Waals surface area contributed by atoms with E-state index in [1.165, 1.54) is 0 Å². The van der Waals surface area contributed by atoms with Crippen LogP contribution in [-0.2, 0) is 13.5 Å². The highest BCUT2D eigenvalue weighted by molar-refractivity contribution is 4.96. The lowest BCUT2D eigenvalue weighted by Crippen LogP contribution is -2.28. The molecule has 1 heterocycles. The minimum absolute atomic E-state index is 0.241. The molecular formula is C9H18N4. The summed E-state index contributed by atoms with van der Waals surface area (Å²) in [5.41, 5.74) is 1.30. The second kappa shape index (κ2) is 3.87. The van der Waals surface area contributed by atoms with Gasteiger partial charge in [-0.25, -0.2) is 0 Å². The summed E-state index contributed by atoms with van der Waals surface area (Å²) >= 11 is 0. The summed E-state index contributed by atoms with van der Waals surface area (Å²) in [5, 5.41) is 11.2. The third-order valence-electron chi connectivity index (χ3n) is 1.97. The molecule has 13 heavy (non-hydrogen) atoms. The van der Waals surface area contributed by atoms with Gasteiger partial charge in [0.2, 0.25) is 0 Å². The monoisotopic (exact) mass is 182 g/mol. The van der Waals surface area contributed by atoms with Gasteiger partial charge in [0.05, 0.1) is 5.69 Å². The molecule has 74 valence electrons. The number of hydrogen-bond acceptors (Lipinski definition) is 3. The minimum Gasteiger partial charge on any atom is -0.319 e. The molecule has 1 aromatic rings. The lowest BCUT2D eigenvalue weighted by molar-refractivity contribution is 0.346. The van der Waals surface area contributed by atoms with Crippen molar-refractivity contribution in [2.24, 2.45) is 12.5 Å². The van der Waals surface area contributed by atoms with Crippen molar-refractivity contribution in [3.05, 3.63) is 11.9 Å². The summed E-state index contributed by atoms with van der Waals surface area (Å²) in [5.74, 6) is 0. The predicted octanol–water partition coefficient (Wildman–Crippen LogP) is 0.603. The Labute approximate surface area is 79.3 Å². The number of aromatic nitrogens is 3. The smallest absolute Gasteiger partial charge is 0.0832 e. The van der Waals surface area contributed by atoms with Crippen LogP contribution in [0.3, 0.4) is 0 Å². The molecule has 0 amide bonds. The predicted molar refractivity (Wildman–Crippen MR) is 52.4 cm³/mol. The Bertz CT molecular complexity index is 264. The quantitative estimate of drug-likeness (QED) is 0.741. The molecule has 0 spiro atoms. The van der Waals surface area contributed by atoms with Gasteiger partial charge in [-0.05, 0) is 18.9 Å². The fourth-order valence-electron chi connectivity index (χ4n) is 1.51. The molecule has 0 saturated heterocycles. The Kier molecular flexibility index (Phi) is 3.03. The fourth-order valence-corrected chi connectivity index (χ4v) is 1.51. The average Bonchev–Trinajstić information content (AvgIpc) is 2.34. The topological polar surface area (TPSA) is 42.7 Å². The van der Waals surface area contributed by atoms with Gasteiger partial charge in [0.1, 0.15) is 0 Å². The lowest BCUT2D eigenvalue weighted by atomic mass is 9.88. The fraction of sp³-hybridized carbons (Fsp3) is 0.778. The first kappa shape index (κ1) is 10.2. The van der Waals surface area contributed by atoms with E-state index < -0.39 is 0 Å². The summed E-state index contributed by atoms with van der Waals surface area (Å²) in [7, 11) is 3.86. The van der Waals surface area contributed by atoms with E-state index in [4.69, 9.17) is 0 Å². The summed E-state index contributed by atoms with van der Waals surface area (Å²) in [4.78, 5) is 0. The van der Waals surface area contributed by atoms with E-state index in [2.05, 4.69) is 29.5 Å². The molecule has 0 unspecified atom stereocenters. The SMILES string of the molecule is CNCC(C)(C)Cc1cn(C)nn1. The van der Waals surface area contributed by atoms with Gasteiger partial charge in [-0.1, -0.05) is 19.1 Å². The van der Waals surface area contributed by atoms with Gasteiger partial charge >= 0.3 is 0 Å². The maximum absolute atomic E-state index is 4.07. The van der Waals surface area contributed by atoms with Crippen LogP contribution in [-0.4, -0.2) is 28.6 Å². The van der Waals surface area contributed by atoms with Crippen molar-refractivity contribution in [3.8, 4) is 0 Å². The van der Waals surface area contributed by atoms with Gasteiger partial charge in [0.15, 0.2) is 0 Å². The maximum Gasteiger partial charge on any atom is 0.0832 e. The number of nitrogens with zero attached hydrogens (tertiary/aromatic N) is 3. The van der Waals surface area contributed by atoms with Gasteiger partial charge in [-0.2, -0.15) is 0 Å². The van der Waals surface area contributed by atoms with Crippen LogP contribution < -0.4 is 5.32 Å². The summed E-state index contributed by atoms with van der Waals surface area (Å²) < 4.78 is 1.74. The molecule has 1 rings (SSSR count). The van der Waals surface area contributed by atoms with E-state index in [9.17, 15) is 0 Å². The zero-order chi connectivity index (χ0) is 9.90. The highest BCUT2D eigenvalue weighted by atomic mass is 15.4. The van der Waals surface area contributed by atoms with Crippen LogP contribution in [0.4, 0.5) is 0 Å². The zero-order valence-corrected chi connectivity index (χ0v) is 8.83. The molecule has 0 atom stereocenters. The summed E-state index contributed by atoms with van der Waals surface area (Å²) in [6.45, 7) is 5.43. The molecular weight excluding hydrogens is 164 g/mol. The van der Waals surface area contributed by atoms with Crippen LogP contribution in [0.1, 0.15) is 19.5 Å². The Morgan fingerprint density at radius 3 is 2.69 bits per heavy atom. The van der Waals surface area contributed by atoms with Crippen LogP contribution in [0.25, 0.3) is 0 Å². The molecule has 0 fully saturated rings. The molecule has 4 nitrogen and oxygen atoms in total. The van der Waals surface area contributed by atoms with Crippen LogP contribution in [0.2, 0.25) is 0 Å². The number of nitrogens with one attached hydrogen (secondary N) is 1. The zero-order valence-electron chi connectivity index (χ0n) is 8.83. The molecule has 0 aliphatic heterocycles. The van der Waals surface area contributed by atoms with E-state index in [-0.39, 0.29) is 5.41 Å². The van der Waals surface area contributed by atoms with Gasteiger partial charge in [0.25, 0.3) is 0 Å². The summed E-state index contributed by atoms with van der Waals surface area (Å²) in [6.07, 6.45) is 2.93. The molecule has 0 bridgehead atoms. The molecule has 0 saturated carbocycles. The van der Waals surface area contributed by atoms with Crippen molar-refractivity contribution >= 4 is 0 Å². The first-order valence-corrected chi connectivity index (χ1v) is 4.53. The largest absolute Gasteiger partial charge is 0.319 e. The Morgan fingerprint density at radius 2 is 2.23 bits per heavy atom. The van der Waals surface area contributed by atoms with Crippen LogP contribution in [0.15, 0.2) is 6.20 Å². The third kappa shape index (κ3) is 3.14. The molecule has 4 heteroatoms. The van der Waals surface area contributed by atoms with Gasteiger partial charge in [-0.15, -0.1) is 5.10 Å². The molecule has 0 aromatic carbocycles. The third-order valence-corrected chi connectivity index (χ3v) is 1.97. The van der Waals surface area contributed by atoms with Gasteiger partial charge in [0, 0.05) is 19.8 Å². The van der Waals surface area contributed by atoms with Crippen molar-refractivity contribution < 1.29 is 0 Å². The number of aryl methyl sites for hydroxylation is 1.